The maximum absolute atomic E-state index is 11.9. The van der Waals surface area contributed by atoms with Gasteiger partial charge in [0, 0.05) is 38.6 Å². The Kier molecular flexibility index (Phi) is 5.48. The maximum Gasteiger partial charge on any atom is 0.308 e. The van der Waals surface area contributed by atoms with Crippen molar-refractivity contribution in [2.45, 2.75) is 26.2 Å². The van der Waals surface area contributed by atoms with Gasteiger partial charge in [0.15, 0.2) is 0 Å². The summed E-state index contributed by atoms with van der Waals surface area (Å²) in [6, 6.07) is 8.57. The lowest BCUT2D eigenvalue weighted by atomic mass is 10.0. The molecule has 1 aliphatic heterocycles. The lowest BCUT2D eigenvalue weighted by molar-refractivity contribution is -0.148. The van der Waals surface area contributed by atoms with Crippen molar-refractivity contribution in [1.29, 1.82) is 0 Å². The molecule has 0 spiro atoms. The van der Waals surface area contributed by atoms with Crippen molar-refractivity contribution >= 4 is 17.3 Å². The molecule has 2 rings (SSSR count). The molecule has 1 saturated heterocycles. The number of anilines is 2. The van der Waals surface area contributed by atoms with Crippen LogP contribution < -0.4 is 9.80 Å². The zero-order valence-corrected chi connectivity index (χ0v) is 13.3. The van der Waals surface area contributed by atoms with Gasteiger partial charge in [-0.05, 0) is 44.4 Å². The van der Waals surface area contributed by atoms with E-state index in [9.17, 15) is 4.79 Å². The van der Waals surface area contributed by atoms with E-state index in [2.05, 4.69) is 48.2 Å². The molecule has 1 unspecified atom stereocenters. The Morgan fingerprint density at radius 2 is 2.14 bits per heavy atom. The summed E-state index contributed by atoms with van der Waals surface area (Å²) < 4.78 is 5.16. The van der Waals surface area contributed by atoms with Gasteiger partial charge in [0.05, 0.1) is 12.5 Å². The number of hydrogen-bond donors (Lipinski definition) is 0. The quantitative estimate of drug-likeness (QED) is 0.798. The predicted octanol–water partition coefficient (Wildman–Crippen LogP) is 2.92. The summed E-state index contributed by atoms with van der Waals surface area (Å²) in [6.45, 7) is 4.27. The third-order valence-electron chi connectivity index (χ3n) is 4.06. The third-order valence-corrected chi connectivity index (χ3v) is 4.06. The molecule has 0 bridgehead atoms. The zero-order valence-electron chi connectivity index (χ0n) is 13.3. The highest BCUT2D eigenvalue weighted by Crippen LogP contribution is 2.26. The monoisotopic (exact) mass is 290 g/mol. The number of nitrogens with zero attached hydrogens (tertiary/aromatic N) is 2. The van der Waals surface area contributed by atoms with Crippen molar-refractivity contribution in [3.63, 3.8) is 0 Å². The fraction of sp³-hybridized carbons (Fsp3) is 0.588. The van der Waals surface area contributed by atoms with Gasteiger partial charge in [0.25, 0.3) is 0 Å². The summed E-state index contributed by atoms with van der Waals surface area (Å²) in [5.74, 6) is 0.0355. The first-order valence-electron chi connectivity index (χ1n) is 7.80. The first-order valence-corrected chi connectivity index (χ1v) is 7.80. The van der Waals surface area contributed by atoms with E-state index in [1.165, 1.54) is 11.4 Å². The molecule has 4 heteroatoms. The molecular formula is C17H26N2O2. The van der Waals surface area contributed by atoms with Crippen molar-refractivity contribution in [2.75, 3.05) is 43.6 Å². The van der Waals surface area contributed by atoms with Crippen LogP contribution in [0.5, 0.6) is 0 Å². The molecule has 4 nitrogen and oxygen atoms in total. The van der Waals surface area contributed by atoms with Crippen LogP contribution in [0.15, 0.2) is 24.3 Å². The molecule has 1 heterocycles. The van der Waals surface area contributed by atoms with Crippen LogP contribution >= 0.6 is 0 Å². The van der Waals surface area contributed by atoms with Gasteiger partial charge in [-0.1, -0.05) is 6.07 Å². The number of hydrogen-bond acceptors (Lipinski definition) is 4. The predicted molar refractivity (Wildman–Crippen MR) is 87.0 cm³/mol. The molecule has 0 aliphatic carbocycles. The number of ether oxygens (including phenoxy) is 1. The molecule has 0 aromatic heterocycles. The number of rotatable bonds is 4. The van der Waals surface area contributed by atoms with Crippen LogP contribution in [-0.4, -0.2) is 39.8 Å². The SMILES string of the molecule is CCOC(=O)C1CCCN(c2cccc(N(C)C)c2)CC1. The molecule has 1 aromatic rings. The summed E-state index contributed by atoms with van der Waals surface area (Å²) in [5, 5.41) is 0. The minimum absolute atomic E-state index is 0.0265. The zero-order chi connectivity index (χ0) is 15.2. The number of benzene rings is 1. The second-order valence-electron chi connectivity index (χ2n) is 5.78. The lowest BCUT2D eigenvalue weighted by Crippen LogP contribution is -2.25. The molecule has 1 atom stereocenters. The highest BCUT2D eigenvalue weighted by atomic mass is 16.5. The van der Waals surface area contributed by atoms with Gasteiger partial charge in [0.1, 0.15) is 0 Å². The second kappa shape index (κ2) is 7.34. The number of carbonyl (C=O) groups is 1. The van der Waals surface area contributed by atoms with Gasteiger partial charge in [-0.2, -0.15) is 0 Å². The summed E-state index contributed by atoms with van der Waals surface area (Å²) in [5.41, 5.74) is 2.45. The van der Waals surface area contributed by atoms with Crippen molar-refractivity contribution in [2.24, 2.45) is 5.92 Å². The summed E-state index contributed by atoms with van der Waals surface area (Å²) >= 11 is 0. The molecule has 1 aromatic carbocycles. The average Bonchev–Trinajstić information content (AvgIpc) is 2.73. The molecule has 0 saturated carbocycles. The Morgan fingerprint density at radius 3 is 2.86 bits per heavy atom. The summed E-state index contributed by atoms with van der Waals surface area (Å²) in [6.07, 6.45) is 2.85. The van der Waals surface area contributed by atoms with Crippen molar-refractivity contribution < 1.29 is 9.53 Å². The van der Waals surface area contributed by atoms with Crippen LogP contribution in [0.4, 0.5) is 11.4 Å². The highest BCUT2D eigenvalue weighted by molar-refractivity contribution is 5.72. The van der Waals surface area contributed by atoms with E-state index in [1.54, 1.807) is 0 Å². The Labute approximate surface area is 127 Å². The van der Waals surface area contributed by atoms with Gasteiger partial charge < -0.3 is 14.5 Å². The van der Waals surface area contributed by atoms with Crippen molar-refractivity contribution in [1.82, 2.24) is 0 Å². The van der Waals surface area contributed by atoms with Gasteiger partial charge in [-0.15, -0.1) is 0 Å². The van der Waals surface area contributed by atoms with Crippen LogP contribution in [0.2, 0.25) is 0 Å². The van der Waals surface area contributed by atoms with Gasteiger partial charge in [0.2, 0.25) is 0 Å². The van der Waals surface area contributed by atoms with E-state index in [4.69, 9.17) is 4.74 Å². The van der Waals surface area contributed by atoms with Crippen LogP contribution in [-0.2, 0) is 9.53 Å². The molecule has 116 valence electrons. The van der Waals surface area contributed by atoms with Crippen LogP contribution in [0.25, 0.3) is 0 Å². The molecule has 1 aliphatic rings. The van der Waals surface area contributed by atoms with Crippen molar-refractivity contribution in [3.05, 3.63) is 24.3 Å². The van der Waals surface area contributed by atoms with Crippen LogP contribution in [0.1, 0.15) is 26.2 Å². The van der Waals surface area contributed by atoms with Crippen LogP contribution in [0.3, 0.4) is 0 Å². The fourth-order valence-electron chi connectivity index (χ4n) is 2.82. The first-order chi connectivity index (χ1) is 10.1. The Morgan fingerprint density at radius 1 is 1.33 bits per heavy atom. The number of esters is 1. The lowest BCUT2D eigenvalue weighted by Gasteiger charge is -2.24. The summed E-state index contributed by atoms with van der Waals surface area (Å²) in [7, 11) is 4.11. The van der Waals surface area contributed by atoms with Crippen molar-refractivity contribution in [3.8, 4) is 0 Å². The molecule has 0 N–H and O–H groups in total. The van der Waals surface area contributed by atoms with E-state index >= 15 is 0 Å². The molecule has 1 fully saturated rings. The van der Waals surface area contributed by atoms with E-state index in [0.717, 1.165) is 32.4 Å². The standard InChI is InChI=1S/C17H26N2O2/c1-4-21-17(20)14-7-6-11-19(12-10-14)16-9-5-8-15(13-16)18(2)3/h5,8-9,13-14H,4,6-7,10-12H2,1-3H3. The van der Waals surface area contributed by atoms with E-state index in [1.807, 2.05) is 6.92 Å². The highest BCUT2D eigenvalue weighted by Gasteiger charge is 2.24. The van der Waals surface area contributed by atoms with Gasteiger partial charge >= 0.3 is 5.97 Å². The Hall–Kier alpha value is -1.71. The van der Waals surface area contributed by atoms with Crippen LogP contribution in [0, 0.1) is 5.92 Å². The summed E-state index contributed by atoms with van der Waals surface area (Å²) in [4.78, 5) is 16.4. The number of carbonyl (C=O) groups excluding carboxylic acids is 1. The van der Waals surface area contributed by atoms with E-state index < -0.39 is 0 Å². The average molecular weight is 290 g/mol. The van der Waals surface area contributed by atoms with Gasteiger partial charge in [-0.3, -0.25) is 4.79 Å². The fourth-order valence-corrected chi connectivity index (χ4v) is 2.82. The normalized spacial score (nSPS) is 19.0. The Balaban J connectivity index is 2.02. The second-order valence-corrected chi connectivity index (χ2v) is 5.78. The molecule has 0 amide bonds. The smallest absolute Gasteiger partial charge is 0.308 e. The molecule has 0 radical (unpaired) electrons. The Bertz CT molecular complexity index is 474. The maximum atomic E-state index is 11.9. The first kappa shape index (κ1) is 15.7. The minimum Gasteiger partial charge on any atom is -0.466 e. The molecular weight excluding hydrogens is 264 g/mol. The van der Waals surface area contributed by atoms with E-state index in [-0.39, 0.29) is 11.9 Å². The largest absolute Gasteiger partial charge is 0.466 e. The van der Waals surface area contributed by atoms with E-state index in [0.29, 0.717) is 6.61 Å². The minimum atomic E-state index is -0.0265. The molecule has 21 heavy (non-hydrogen) atoms. The third kappa shape index (κ3) is 4.13. The van der Waals surface area contributed by atoms with Gasteiger partial charge in [-0.25, -0.2) is 0 Å². The topological polar surface area (TPSA) is 32.8 Å².